The van der Waals surface area contributed by atoms with E-state index in [1.807, 2.05) is 36.4 Å². The smallest absolute Gasteiger partial charge is 0.277 e. The Kier molecular flexibility index (Phi) is 6.63. The Bertz CT molecular complexity index is 758. The standard InChI is InChI=1S/C20H23NO5/c1-21(26-5)20(22)16-10-8-14(9-11-16)6-7-15-12-17(23-2)19(25-4)18(13-15)24-3/h6-13H,1-5H3/b7-6+. The fourth-order valence-corrected chi connectivity index (χ4v) is 2.39. The van der Waals surface area contributed by atoms with E-state index in [-0.39, 0.29) is 5.91 Å². The molecule has 0 heterocycles. The minimum absolute atomic E-state index is 0.201. The Morgan fingerprint density at radius 3 is 1.85 bits per heavy atom. The average molecular weight is 357 g/mol. The molecule has 6 heteroatoms. The van der Waals surface area contributed by atoms with Crippen molar-refractivity contribution in [3.05, 3.63) is 53.1 Å². The Morgan fingerprint density at radius 1 is 0.846 bits per heavy atom. The van der Waals surface area contributed by atoms with E-state index >= 15 is 0 Å². The first-order valence-corrected chi connectivity index (χ1v) is 7.94. The molecule has 0 N–H and O–H groups in total. The van der Waals surface area contributed by atoms with Crippen LogP contribution in [0.2, 0.25) is 0 Å². The van der Waals surface area contributed by atoms with Gasteiger partial charge >= 0.3 is 0 Å². The van der Waals surface area contributed by atoms with E-state index in [4.69, 9.17) is 19.0 Å². The van der Waals surface area contributed by atoms with Crippen LogP contribution in [0.5, 0.6) is 17.2 Å². The van der Waals surface area contributed by atoms with Gasteiger partial charge in [-0.3, -0.25) is 9.63 Å². The lowest BCUT2D eigenvalue weighted by atomic mass is 10.1. The summed E-state index contributed by atoms with van der Waals surface area (Å²) in [6, 6.07) is 11.0. The van der Waals surface area contributed by atoms with Crippen molar-refractivity contribution in [2.45, 2.75) is 0 Å². The maximum absolute atomic E-state index is 12.0. The summed E-state index contributed by atoms with van der Waals surface area (Å²) in [5.74, 6) is 1.54. The highest BCUT2D eigenvalue weighted by Crippen LogP contribution is 2.38. The van der Waals surface area contributed by atoms with E-state index in [0.717, 1.165) is 11.1 Å². The van der Waals surface area contributed by atoms with E-state index in [9.17, 15) is 4.79 Å². The number of carbonyl (C=O) groups excluding carboxylic acids is 1. The minimum atomic E-state index is -0.201. The number of hydroxylamine groups is 2. The quantitative estimate of drug-likeness (QED) is 0.561. The number of hydrogen-bond donors (Lipinski definition) is 0. The molecule has 0 saturated carbocycles. The van der Waals surface area contributed by atoms with Crippen LogP contribution in [0.15, 0.2) is 36.4 Å². The number of nitrogens with zero attached hydrogens (tertiary/aromatic N) is 1. The molecule has 0 atom stereocenters. The summed E-state index contributed by atoms with van der Waals surface area (Å²) in [7, 11) is 7.75. The molecule has 6 nitrogen and oxygen atoms in total. The largest absolute Gasteiger partial charge is 0.493 e. The van der Waals surface area contributed by atoms with Gasteiger partial charge in [0, 0.05) is 12.6 Å². The third-order valence-electron chi connectivity index (χ3n) is 3.87. The van der Waals surface area contributed by atoms with Gasteiger partial charge in [-0.25, -0.2) is 5.06 Å². The van der Waals surface area contributed by atoms with E-state index in [1.54, 1.807) is 40.5 Å². The van der Waals surface area contributed by atoms with Gasteiger partial charge in [-0.1, -0.05) is 24.3 Å². The van der Waals surface area contributed by atoms with Crippen molar-refractivity contribution in [2.24, 2.45) is 0 Å². The van der Waals surface area contributed by atoms with Gasteiger partial charge in [0.15, 0.2) is 11.5 Å². The van der Waals surface area contributed by atoms with Gasteiger partial charge in [0.25, 0.3) is 5.91 Å². The highest BCUT2D eigenvalue weighted by molar-refractivity contribution is 5.93. The van der Waals surface area contributed by atoms with E-state index in [2.05, 4.69) is 0 Å². The summed E-state index contributed by atoms with van der Waals surface area (Å²) in [6.07, 6.45) is 3.87. The van der Waals surface area contributed by atoms with Gasteiger partial charge in [-0.2, -0.15) is 0 Å². The summed E-state index contributed by atoms with van der Waals surface area (Å²) in [5.41, 5.74) is 2.41. The Morgan fingerprint density at radius 2 is 1.38 bits per heavy atom. The average Bonchev–Trinajstić information content (AvgIpc) is 2.70. The monoisotopic (exact) mass is 357 g/mol. The van der Waals surface area contributed by atoms with Crippen molar-refractivity contribution in [1.82, 2.24) is 5.06 Å². The number of benzene rings is 2. The van der Waals surface area contributed by atoms with E-state index in [0.29, 0.717) is 22.8 Å². The third-order valence-corrected chi connectivity index (χ3v) is 3.87. The van der Waals surface area contributed by atoms with Gasteiger partial charge in [-0.05, 0) is 35.4 Å². The number of amides is 1. The zero-order chi connectivity index (χ0) is 19.1. The van der Waals surface area contributed by atoms with Crippen LogP contribution < -0.4 is 14.2 Å². The van der Waals surface area contributed by atoms with Gasteiger partial charge < -0.3 is 14.2 Å². The maximum Gasteiger partial charge on any atom is 0.277 e. The fraction of sp³-hybridized carbons (Fsp3) is 0.250. The van der Waals surface area contributed by atoms with Crippen LogP contribution in [-0.2, 0) is 4.84 Å². The van der Waals surface area contributed by atoms with Gasteiger partial charge in [0.1, 0.15) is 0 Å². The molecule has 0 aliphatic heterocycles. The predicted octanol–water partition coefficient (Wildman–Crippen LogP) is 3.52. The van der Waals surface area contributed by atoms with Crippen molar-refractivity contribution in [1.29, 1.82) is 0 Å². The van der Waals surface area contributed by atoms with Crippen LogP contribution in [-0.4, -0.2) is 46.5 Å². The highest BCUT2D eigenvalue weighted by Gasteiger charge is 2.12. The number of methoxy groups -OCH3 is 3. The molecule has 0 spiro atoms. The fourth-order valence-electron chi connectivity index (χ4n) is 2.39. The second kappa shape index (κ2) is 8.92. The molecule has 0 fully saturated rings. The first-order chi connectivity index (χ1) is 12.5. The molecule has 0 radical (unpaired) electrons. The lowest BCUT2D eigenvalue weighted by Crippen LogP contribution is -2.25. The van der Waals surface area contributed by atoms with Crippen molar-refractivity contribution < 1.29 is 23.8 Å². The normalized spacial score (nSPS) is 10.7. The molecule has 2 aromatic carbocycles. The summed E-state index contributed by atoms with van der Waals surface area (Å²) in [6.45, 7) is 0. The number of ether oxygens (including phenoxy) is 3. The molecule has 0 aliphatic rings. The molecule has 26 heavy (non-hydrogen) atoms. The van der Waals surface area contributed by atoms with Crippen LogP contribution in [0, 0.1) is 0 Å². The topological polar surface area (TPSA) is 57.2 Å². The van der Waals surface area contributed by atoms with Crippen molar-refractivity contribution in [3.8, 4) is 17.2 Å². The zero-order valence-electron chi connectivity index (χ0n) is 15.6. The predicted molar refractivity (Wildman–Crippen MR) is 101 cm³/mol. The van der Waals surface area contributed by atoms with Crippen molar-refractivity contribution in [3.63, 3.8) is 0 Å². The van der Waals surface area contributed by atoms with Crippen LogP contribution >= 0.6 is 0 Å². The summed E-state index contributed by atoms with van der Waals surface area (Å²) in [4.78, 5) is 16.9. The van der Waals surface area contributed by atoms with Gasteiger partial charge in [-0.15, -0.1) is 0 Å². The summed E-state index contributed by atoms with van der Waals surface area (Å²) >= 11 is 0. The molecular formula is C20H23NO5. The lowest BCUT2D eigenvalue weighted by molar-refractivity contribution is -0.0756. The van der Waals surface area contributed by atoms with Gasteiger partial charge in [0.05, 0.1) is 28.4 Å². The highest BCUT2D eigenvalue weighted by atomic mass is 16.7. The number of rotatable bonds is 7. The zero-order valence-corrected chi connectivity index (χ0v) is 15.6. The Hall–Kier alpha value is -2.99. The number of hydrogen-bond acceptors (Lipinski definition) is 5. The number of carbonyl (C=O) groups is 1. The second-order valence-corrected chi connectivity index (χ2v) is 5.40. The molecule has 0 bridgehead atoms. The Labute approximate surface area is 153 Å². The van der Waals surface area contributed by atoms with Crippen LogP contribution in [0.25, 0.3) is 12.2 Å². The molecule has 0 saturated heterocycles. The first kappa shape index (κ1) is 19.3. The summed E-state index contributed by atoms with van der Waals surface area (Å²) < 4.78 is 16.0. The van der Waals surface area contributed by atoms with Crippen LogP contribution in [0.1, 0.15) is 21.5 Å². The van der Waals surface area contributed by atoms with E-state index < -0.39 is 0 Å². The molecule has 138 valence electrons. The van der Waals surface area contributed by atoms with Crippen molar-refractivity contribution >= 4 is 18.1 Å². The molecular weight excluding hydrogens is 334 g/mol. The lowest BCUT2D eigenvalue weighted by Gasteiger charge is -2.13. The molecule has 0 unspecified atom stereocenters. The maximum atomic E-state index is 12.0. The van der Waals surface area contributed by atoms with Crippen LogP contribution in [0.4, 0.5) is 0 Å². The minimum Gasteiger partial charge on any atom is -0.493 e. The van der Waals surface area contributed by atoms with Crippen molar-refractivity contribution in [2.75, 3.05) is 35.5 Å². The van der Waals surface area contributed by atoms with Crippen LogP contribution in [0.3, 0.4) is 0 Å². The molecule has 2 rings (SSSR count). The molecule has 0 aromatic heterocycles. The van der Waals surface area contributed by atoms with E-state index in [1.165, 1.54) is 12.2 Å². The summed E-state index contributed by atoms with van der Waals surface area (Å²) in [5, 5.41) is 1.18. The first-order valence-electron chi connectivity index (χ1n) is 7.94. The second-order valence-electron chi connectivity index (χ2n) is 5.40. The molecule has 2 aromatic rings. The SMILES string of the molecule is COc1cc(/C=C/c2ccc(C(=O)N(C)OC)cc2)cc(OC)c1OC. The van der Waals surface area contributed by atoms with Gasteiger partial charge in [0.2, 0.25) is 5.75 Å². The molecule has 0 aliphatic carbocycles. The third kappa shape index (κ3) is 4.34. The molecule has 1 amide bonds. The Balaban J connectivity index is 2.23.